The van der Waals surface area contributed by atoms with Gasteiger partial charge in [-0.05, 0) is 64.8 Å². The molecule has 1 unspecified atom stereocenters. The van der Waals surface area contributed by atoms with E-state index in [0.29, 0.717) is 18.9 Å². The summed E-state index contributed by atoms with van der Waals surface area (Å²) in [6.07, 6.45) is -0.959. The van der Waals surface area contributed by atoms with Crippen molar-refractivity contribution >= 4 is 17.9 Å². The maximum atomic E-state index is 12.6. The summed E-state index contributed by atoms with van der Waals surface area (Å²) in [5.41, 5.74) is 1.45. The Bertz CT molecular complexity index is 1090. The third-order valence-corrected chi connectivity index (χ3v) is 5.39. The highest BCUT2D eigenvalue weighted by atomic mass is 16.6. The number of carbonyl (C=O) groups excluding carboxylic acids is 2. The zero-order valence-electron chi connectivity index (χ0n) is 23.2. The molecule has 0 saturated carbocycles. The molecule has 9 heteroatoms. The fourth-order valence-corrected chi connectivity index (χ4v) is 3.65. The molecular weight excluding hydrogens is 486 g/mol. The minimum Gasteiger partial charge on any atom is -0.489 e. The maximum absolute atomic E-state index is 12.6. The van der Waals surface area contributed by atoms with E-state index in [9.17, 15) is 9.59 Å². The highest BCUT2D eigenvalue weighted by Gasteiger charge is 2.35. The number of carbonyl (C=O) groups is 2. The molecule has 0 spiro atoms. The van der Waals surface area contributed by atoms with Gasteiger partial charge >= 0.3 is 12.2 Å². The highest BCUT2D eigenvalue weighted by Crippen LogP contribution is 2.20. The second-order valence-corrected chi connectivity index (χ2v) is 11.2. The number of ether oxygens (including phenoxy) is 3. The van der Waals surface area contributed by atoms with Gasteiger partial charge in [-0.3, -0.25) is 0 Å². The molecule has 2 aromatic carbocycles. The number of nitrogens with zero attached hydrogens (tertiary/aromatic N) is 2. The lowest BCUT2D eigenvalue weighted by atomic mass is 10.1. The number of hydrogen-bond donors (Lipinski definition) is 1. The largest absolute Gasteiger partial charge is 0.489 e. The summed E-state index contributed by atoms with van der Waals surface area (Å²) in [5.74, 6) is 0.532. The van der Waals surface area contributed by atoms with Crippen molar-refractivity contribution in [2.24, 2.45) is 11.1 Å². The van der Waals surface area contributed by atoms with Crippen LogP contribution in [0.1, 0.15) is 52.7 Å². The fraction of sp³-hybridized carbons (Fsp3) is 0.483. The maximum Gasteiger partial charge on any atom is 0.410 e. The van der Waals surface area contributed by atoms with Gasteiger partial charge in [-0.15, -0.1) is 0 Å². The first kappa shape index (κ1) is 28.8. The molecule has 1 aliphatic rings. The molecule has 1 saturated heterocycles. The van der Waals surface area contributed by atoms with Gasteiger partial charge in [-0.2, -0.15) is 0 Å². The summed E-state index contributed by atoms with van der Waals surface area (Å²) in [5, 5.41) is 7.09. The van der Waals surface area contributed by atoms with Crippen LogP contribution in [0.5, 0.6) is 5.75 Å². The molecule has 9 nitrogen and oxygen atoms in total. The second kappa shape index (κ2) is 12.7. The van der Waals surface area contributed by atoms with E-state index in [1.807, 2.05) is 75.4 Å². The Balaban J connectivity index is 1.57. The molecule has 1 aliphatic heterocycles. The SMILES string of the molecule is CC(C)(C)OC(=O)NCC1CN(C(=O)OC(C)(C)C)C/C1=N\OCc1ccc(OCc2ccccc2)cc1. The van der Waals surface area contributed by atoms with Gasteiger partial charge in [-0.1, -0.05) is 47.6 Å². The van der Waals surface area contributed by atoms with Crippen molar-refractivity contribution in [1.82, 2.24) is 10.2 Å². The molecule has 3 rings (SSSR count). The van der Waals surface area contributed by atoms with E-state index in [0.717, 1.165) is 16.9 Å². The Morgan fingerprint density at radius 1 is 0.895 bits per heavy atom. The zero-order valence-corrected chi connectivity index (χ0v) is 23.2. The molecule has 0 radical (unpaired) electrons. The van der Waals surface area contributed by atoms with Crippen LogP contribution < -0.4 is 10.1 Å². The highest BCUT2D eigenvalue weighted by molar-refractivity contribution is 5.94. The molecule has 206 valence electrons. The van der Waals surface area contributed by atoms with E-state index in [2.05, 4.69) is 10.5 Å². The third-order valence-electron chi connectivity index (χ3n) is 5.39. The average molecular weight is 526 g/mol. The van der Waals surface area contributed by atoms with E-state index in [-0.39, 0.29) is 25.6 Å². The van der Waals surface area contributed by atoms with Gasteiger partial charge in [0.05, 0.1) is 12.3 Å². The Kier molecular flexibility index (Phi) is 9.61. The van der Waals surface area contributed by atoms with Gasteiger partial charge in [-0.25, -0.2) is 9.59 Å². The molecule has 0 bridgehead atoms. The number of oxime groups is 1. The number of nitrogens with one attached hydrogen (secondary N) is 1. The van der Waals surface area contributed by atoms with Crippen LogP contribution in [0, 0.1) is 5.92 Å². The Morgan fingerprint density at radius 2 is 1.53 bits per heavy atom. The molecule has 1 N–H and O–H groups in total. The third kappa shape index (κ3) is 9.95. The first-order valence-electron chi connectivity index (χ1n) is 12.8. The number of rotatable bonds is 8. The molecule has 1 fully saturated rings. The summed E-state index contributed by atoms with van der Waals surface area (Å²) in [4.78, 5) is 32.0. The molecule has 0 aliphatic carbocycles. The van der Waals surface area contributed by atoms with Crippen LogP contribution in [-0.4, -0.2) is 53.6 Å². The lowest BCUT2D eigenvalue weighted by Gasteiger charge is -2.24. The topological polar surface area (TPSA) is 98.7 Å². The fourth-order valence-electron chi connectivity index (χ4n) is 3.65. The number of amides is 2. The number of hydrogen-bond acceptors (Lipinski definition) is 7. The lowest BCUT2D eigenvalue weighted by Crippen LogP contribution is -2.38. The monoisotopic (exact) mass is 525 g/mol. The van der Waals surface area contributed by atoms with Crippen molar-refractivity contribution < 1.29 is 28.6 Å². The molecular formula is C29H39N3O6. The summed E-state index contributed by atoms with van der Waals surface area (Å²) in [6.45, 7) is 12.5. The van der Waals surface area contributed by atoms with Crippen molar-refractivity contribution in [3.05, 3.63) is 65.7 Å². The van der Waals surface area contributed by atoms with Gasteiger partial charge in [0.2, 0.25) is 0 Å². The lowest BCUT2D eigenvalue weighted by molar-refractivity contribution is 0.0292. The Labute approximate surface area is 225 Å². The van der Waals surface area contributed by atoms with E-state index in [4.69, 9.17) is 19.0 Å². The Morgan fingerprint density at radius 3 is 2.16 bits per heavy atom. The second-order valence-electron chi connectivity index (χ2n) is 11.2. The van der Waals surface area contributed by atoms with Gasteiger partial charge < -0.3 is 29.3 Å². The molecule has 2 aromatic rings. The van der Waals surface area contributed by atoms with Crippen LogP contribution >= 0.6 is 0 Å². The summed E-state index contributed by atoms with van der Waals surface area (Å²) < 4.78 is 16.7. The summed E-state index contributed by atoms with van der Waals surface area (Å²) in [7, 11) is 0. The molecule has 38 heavy (non-hydrogen) atoms. The van der Waals surface area contributed by atoms with Crippen LogP contribution in [0.15, 0.2) is 59.8 Å². The van der Waals surface area contributed by atoms with E-state index >= 15 is 0 Å². The van der Waals surface area contributed by atoms with Crippen LogP contribution in [-0.2, 0) is 27.5 Å². The van der Waals surface area contributed by atoms with Crippen LogP contribution in [0.25, 0.3) is 0 Å². The van der Waals surface area contributed by atoms with Gasteiger partial charge in [0.1, 0.15) is 30.2 Å². The minimum absolute atomic E-state index is 0.233. The smallest absolute Gasteiger partial charge is 0.410 e. The molecule has 1 atom stereocenters. The van der Waals surface area contributed by atoms with Gasteiger partial charge in [0.25, 0.3) is 0 Å². The van der Waals surface area contributed by atoms with Crippen LogP contribution in [0.4, 0.5) is 9.59 Å². The van der Waals surface area contributed by atoms with Crippen molar-refractivity contribution in [1.29, 1.82) is 0 Å². The predicted octanol–water partition coefficient (Wildman–Crippen LogP) is 5.53. The van der Waals surface area contributed by atoms with Crippen molar-refractivity contribution in [2.75, 3.05) is 19.6 Å². The normalized spacial score (nSPS) is 16.7. The first-order valence-corrected chi connectivity index (χ1v) is 12.8. The van der Waals surface area contributed by atoms with E-state index in [1.54, 1.807) is 25.7 Å². The summed E-state index contributed by atoms with van der Waals surface area (Å²) >= 11 is 0. The predicted molar refractivity (Wildman–Crippen MR) is 145 cm³/mol. The van der Waals surface area contributed by atoms with Crippen molar-refractivity contribution in [2.45, 2.75) is 66.0 Å². The van der Waals surface area contributed by atoms with Crippen LogP contribution in [0.2, 0.25) is 0 Å². The van der Waals surface area contributed by atoms with Gasteiger partial charge in [0.15, 0.2) is 0 Å². The minimum atomic E-state index is -0.616. The first-order chi connectivity index (χ1) is 17.9. The number of alkyl carbamates (subject to hydrolysis) is 1. The Hall–Kier alpha value is -3.75. The average Bonchev–Trinajstić information content (AvgIpc) is 3.24. The zero-order chi connectivity index (χ0) is 27.8. The summed E-state index contributed by atoms with van der Waals surface area (Å²) in [6, 6.07) is 17.6. The van der Waals surface area contributed by atoms with Crippen LogP contribution in [0.3, 0.4) is 0 Å². The molecule has 2 amide bonds. The van der Waals surface area contributed by atoms with E-state index < -0.39 is 23.4 Å². The molecule has 1 heterocycles. The van der Waals surface area contributed by atoms with E-state index in [1.165, 1.54) is 0 Å². The number of benzene rings is 2. The van der Waals surface area contributed by atoms with Gasteiger partial charge in [0, 0.05) is 19.0 Å². The van der Waals surface area contributed by atoms with Crippen molar-refractivity contribution in [3.8, 4) is 5.75 Å². The number of likely N-dealkylation sites (tertiary alicyclic amines) is 1. The molecule has 0 aromatic heterocycles. The van der Waals surface area contributed by atoms with Crippen molar-refractivity contribution in [3.63, 3.8) is 0 Å². The standard InChI is InChI=1S/C29H39N3O6/c1-28(2,3)37-26(33)30-16-23-17-32(27(34)38-29(4,5)6)18-25(23)31-36-20-22-12-14-24(15-13-22)35-19-21-10-8-7-9-11-21/h7-15,23H,16-20H2,1-6H3,(H,30,33)/b31-25+. The quantitative estimate of drug-likeness (QED) is 0.455.